The normalized spacial score (nSPS) is 15.0. The molecule has 1 aromatic carbocycles. The molecule has 0 heterocycles. The molecule has 0 saturated heterocycles. The van der Waals surface area contributed by atoms with Gasteiger partial charge in [-0.15, -0.1) is 0 Å². The predicted molar refractivity (Wildman–Crippen MR) is 114 cm³/mol. The number of nitrogens with zero attached hydrogens (tertiary/aromatic N) is 4. The van der Waals surface area contributed by atoms with Gasteiger partial charge in [0.25, 0.3) is 0 Å². The van der Waals surface area contributed by atoms with Crippen LogP contribution >= 0.6 is 23.5 Å². The SMILES string of the molecule is [C-]#[N+]C([N+]#[C-])=C1Cc2c(SC(F)(F)F)c3c(c(SC(F)(F)F)c2=C1C)CC(=C(C#N)C#N)C=3C(F)(F)F. The first-order chi connectivity index (χ1) is 17.0. The van der Waals surface area contributed by atoms with Crippen molar-refractivity contribution < 1.29 is 39.5 Å². The van der Waals surface area contributed by atoms with Crippen LogP contribution in [0.1, 0.15) is 18.1 Å². The van der Waals surface area contributed by atoms with Gasteiger partial charge in [0.05, 0.1) is 11.1 Å². The van der Waals surface area contributed by atoms with E-state index < -0.39 is 107 Å². The summed E-state index contributed by atoms with van der Waals surface area (Å²) in [5.74, 6) is -0.642. The number of fused-ring (bicyclic) bond motifs is 2. The summed E-state index contributed by atoms with van der Waals surface area (Å²) in [6, 6.07) is 2.46. The molecule has 15 heteroatoms. The van der Waals surface area contributed by atoms with Crippen LogP contribution in [0.4, 0.5) is 39.5 Å². The monoisotopic (exact) mass is 562 g/mol. The molecule has 0 fully saturated rings. The fourth-order valence-electron chi connectivity index (χ4n) is 4.23. The Morgan fingerprint density at radius 1 is 0.784 bits per heavy atom. The summed E-state index contributed by atoms with van der Waals surface area (Å²) < 4.78 is 124. The van der Waals surface area contributed by atoms with Crippen molar-refractivity contribution in [1.82, 2.24) is 0 Å². The molecule has 0 bridgehead atoms. The van der Waals surface area contributed by atoms with Gasteiger partial charge in [0.2, 0.25) is 0 Å². The van der Waals surface area contributed by atoms with Crippen LogP contribution in [0.3, 0.4) is 0 Å². The van der Waals surface area contributed by atoms with Gasteiger partial charge in [-0.1, -0.05) is 0 Å². The molecule has 4 nitrogen and oxygen atoms in total. The molecule has 0 spiro atoms. The summed E-state index contributed by atoms with van der Waals surface area (Å²) in [6.07, 6.45) is -7.18. The highest BCUT2D eigenvalue weighted by Gasteiger charge is 2.47. The molecular formula is C22H7F9N4S2. The third kappa shape index (κ3) is 5.16. The van der Waals surface area contributed by atoms with E-state index in [2.05, 4.69) is 9.69 Å². The summed E-state index contributed by atoms with van der Waals surface area (Å²) in [6.45, 7) is 15.4. The minimum absolute atomic E-state index is 0.151. The van der Waals surface area contributed by atoms with Gasteiger partial charge in [-0.3, -0.25) is 0 Å². The van der Waals surface area contributed by atoms with Crippen molar-refractivity contribution in [3.63, 3.8) is 0 Å². The second-order valence-electron chi connectivity index (χ2n) is 7.42. The molecule has 3 rings (SSSR count). The zero-order valence-corrected chi connectivity index (χ0v) is 19.6. The van der Waals surface area contributed by atoms with Crippen LogP contribution in [-0.4, -0.2) is 17.2 Å². The van der Waals surface area contributed by atoms with Crippen LogP contribution in [0.5, 0.6) is 0 Å². The summed E-state index contributed by atoms with van der Waals surface area (Å²) in [5, 5.41) is 16.7. The molecule has 0 radical (unpaired) electrons. The van der Waals surface area contributed by atoms with Crippen LogP contribution < -0.4 is 10.4 Å². The maximum Gasteiger partial charge on any atom is 0.523 e. The number of hydrogen-bond donors (Lipinski definition) is 0. The Balaban J connectivity index is 2.75. The van der Waals surface area contributed by atoms with Gasteiger partial charge >= 0.3 is 23.0 Å². The van der Waals surface area contributed by atoms with Crippen molar-refractivity contribution in [3.8, 4) is 12.1 Å². The lowest BCUT2D eigenvalue weighted by atomic mass is 10.0. The topological polar surface area (TPSA) is 56.3 Å². The second-order valence-corrected chi connectivity index (χ2v) is 9.57. The summed E-state index contributed by atoms with van der Waals surface area (Å²) in [7, 11) is 0. The molecule has 0 saturated carbocycles. The zero-order chi connectivity index (χ0) is 28.1. The first-order valence-corrected chi connectivity index (χ1v) is 11.2. The Kier molecular flexibility index (Phi) is 7.13. The highest BCUT2D eigenvalue weighted by Crippen LogP contribution is 2.48. The van der Waals surface area contributed by atoms with Crippen molar-refractivity contribution in [2.45, 2.75) is 46.7 Å². The van der Waals surface area contributed by atoms with Gasteiger partial charge in [-0.25, -0.2) is 0 Å². The molecule has 37 heavy (non-hydrogen) atoms. The molecule has 1 aromatic rings. The summed E-state index contributed by atoms with van der Waals surface area (Å²) in [4.78, 5) is 4.02. The minimum Gasteiger partial charge on any atom is -0.192 e. The van der Waals surface area contributed by atoms with E-state index in [1.165, 1.54) is 19.1 Å². The van der Waals surface area contributed by atoms with Gasteiger partial charge in [-0.2, -0.15) is 59.7 Å². The van der Waals surface area contributed by atoms with Gasteiger partial charge < -0.3 is 0 Å². The highest BCUT2D eigenvalue weighted by molar-refractivity contribution is 8.00. The Morgan fingerprint density at radius 2 is 1.22 bits per heavy atom. The molecule has 2 aliphatic rings. The average Bonchev–Trinajstić information content (AvgIpc) is 3.31. The highest BCUT2D eigenvalue weighted by atomic mass is 32.2. The van der Waals surface area contributed by atoms with E-state index in [0.717, 1.165) is 0 Å². The molecule has 0 aliphatic heterocycles. The van der Waals surface area contributed by atoms with Crippen LogP contribution in [0, 0.1) is 35.8 Å². The van der Waals surface area contributed by atoms with E-state index in [9.17, 15) is 50.0 Å². The maximum atomic E-state index is 14.2. The summed E-state index contributed by atoms with van der Waals surface area (Å²) >= 11 is -1.82. The minimum atomic E-state index is -5.44. The fourth-order valence-corrected chi connectivity index (χ4v) is 5.99. The van der Waals surface area contributed by atoms with E-state index in [4.69, 9.17) is 13.1 Å². The first-order valence-electron chi connectivity index (χ1n) is 9.52. The summed E-state index contributed by atoms with van der Waals surface area (Å²) in [5.41, 5.74) is -15.9. The number of hydrogen-bond acceptors (Lipinski definition) is 4. The lowest BCUT2D eigenvalue weighted by Gasteiger charge is -2.17. The van der Waals surface area contributed by atoms with Crippen LogP contribution in [0.15, 0.2) is 32.3 Å². The molecule has 2 aliphatic carbocycles. The quantitative estimate of drug-likeness (QED) is 0.184. The number of allylic oxidation sites excluding steroid dienone is 3. The van der Waals surface area contributed by atoms with E-state index in [1.54, 1.807) is 0 Å². The smallest absolute Gasteiger partial charge is 0.192 e. The maximum absolute atomic E-state index is 14.2. The van der Waals surface area contributed by atoms with Crippen LogP contribution in [-0.2, 0) is 12.8 Å². The fraction of sp³-hybridized carbons (Fsp3) is 0.273. The Morgan fingerprint density at radius 3 is 1.62 bits per heavy atom. The van der Waals surface area contributed by atoms with Gasteiger partial charge in [0, 0.05) is 21.4 Å². The van der Waals surface area contributed by atoms with Crippen LogP contribution in [0.25, 0.3) is 20.8 Å². The number of nitriles is 2. The number of benzene rings is 1. The van der Waals surface area contributed by atoms with Crippen molar-refractivity contribution in [2.75, 3.05) is 0 Å². The molecule has 0 unspecified atom stereocenters. The first kappa shape index (κ1) is 28.0. The van der Waals surface area contributed by atoms with Crippen molar-refractivity contribution >= 4 is 34.7 Å². The Labute approximate surface area is 210 Å². The van der Waals surface area contributed by atoms with Crippen molar-refractivity contribution in [2.24, 2.45) is 0 Å². The Bertz CT molecular complexity index is 1550. The van der Waals surface area contributed by atoms with Gasteiger partial charge in [-0.05, 0) is 64.4 Å². The standard InChI is InChI=1S/C22H7F9N4S2/c1-8-10(19(34-2)35-3)4-12-14(8)17(36-21(26,27)28)13-5-11(9(6-32)7-33)16(20(23,24)25)15(13)18(12)37-22(29,30)31/h4-5H2,1H3. The average molecular weight is 562 g/mol. The van der Waals surface area contributed by atoms with E-state index in [1.807, 2.05) is 0 Å². The molecule has 0 aromatic heterocycles. The predicted octanol–water partition coefficient (Wildman–Crippen LogP) is 6.30. The molecule has 0 amide bonds. The largest absolute Gasteiger partial charge is 0.523 e. The number of halogens is 9. The van der Waals surface area contributed by atoms with Crippen molar-refractivity contribution in [1.29, 1.82) is 10.5 Å². The molecular weight excluding hydrogens is 555 g/mol. The van der Waals surface area contributed by atoms with E-state index >= 15 is 0 Å². The third-order valence-electron chi connectivity index (χ3n) is 5.42. The lowest BCUT2D eigenvalue weighted by Crippen LogP contribution is -2.28. The van der Waals surface area contributed by atoms with E-state index in [-0.39, 0.29) is 11.1 Å². The molecule has 0 N–H and O–H groups in total. The van der Waals surface area contributed by atoms with Gasteiger partial charge in [0.1, 0.15) is 30.9 Å². The van der Waals surface area contributed by atoms with E-state index in [0.29, 0.717) is 0 Å². The molecule has 0 atom stereocenters. The lowest BCUT2D eigenvalue weighted by molar-refractivity contribution is -0.0697. The van der Waals surface area contributed by atoms with Gasteiger partial charge in [0.15, 0.2) is 0 Å². The van der Waals surface area contributed by atoms with Crippen molar-refractivity contribution in [3.05, 3.63) is 66.9 Å². The zero-order valence-electron chi connectivity index (χ0n) is 17.9. The number of rotatable bonds is 2. The van der Waals surface area contributed by atoms with Crippen LogP contribution in [0.2, 0.25) is 0 Å². The Hall–Kier alpha value is -3.53. The molecule has 190 valence electrons. The third-order valence-corrected chi connectivity index (χ3v) is 7.19. The number of thioether (sulfide) groups is 2. The second kappa shape index (κ2) is 9.41. The number of alkyl halides is 9.